The average Bonchev–Trinajstić information content (AvgIpc) is 2.50. The number of piperidine rings is 1. The van der Waals surface area contributed by atoms with Crippen LogP contribution in [-0.4, -0.2) is 27.7 Å². The molecule has 118 valence electrons. The van der Waals surface area contributed by atoms with Crippen LogP contribution >= 0.6 is 0 Å². The van der Waals surface area contributed by atoms with Crippen LogP contribution in [0, 0.1) is 24.2 Å². The number of rotatable bonds is 4. The summed E-state index contributed by atoms with van der Waals surface area (Å²) in [7, 11) is 0. The zero-order chi connectivity index (χ0) is 16.3. The van der Waals surface area contributed by atoms with Crippen molar-refractivity contribution in [3.8, 4) is 11.9 Å². The van der Waals surface area contributed by atoms with Crippen LogP contribution in [0.5, 0.6) is 5.88 Å². The highest BCUT2D eigenvalue weighted by molar-refractivity contribution is 5.45. The van der Waals surface area contributed by atoms with Gasteiger partial charge in [-0.3, -0.25) is 14.3 Å². The fourth-order valence-corrected chi connectivity index (χ4v) is 2.94. The molecule has 0 atom stereocenters. The molecule has 1 aromatic heterocycles. The summed E-state index contributed by atoms with van der Waals surface area (Å²) in [6, 6.07) is 1.98. The molecule has 0 spiro atoms. The van der Waals surface area contributed by atoms with E-state index >= 15 is 0 Å². The summed E-state index contributed by atoms with van der Waals surface area (Å²) in [6.45, 7) is 10.3. The summed E-state index contributed by atoms with van der Waals surface area (Å²) < 4.78 is 1.22. The number of likely N-dealkylation sites (tertiary alicyclic amines) is 1. The van der Waals surface area contributed by atoms with Crippen LogP contribution in [-0.2, 0) is 13.1 Å². The second-order valence-electron chi connectivity index (χ2n) is 6.08. The van der Waals surface area contributed by atoms with Gasteiger partial charge in [0.2, 0.25) is 0 Å². The summed E-state index contributed by atoms with van der Waals surface area (Å²) in [5.74, 6) is 0.690. The maximum Gasteiger partial charge on any atom is 0.271 e. The van der Waals surface area contributed by atoms with Crippen LogP contribution in [0.4, 0.5) is 0 Å². The molecule has 1 N–H and O–H groups in total. The van der Waals surface area contributed by atoms with Gasteiger partial charge in [-0.15, -0.1) is 6.58 Å². The molecule has 1 aliphatic heterocycles. The van der Waals surface area contributed by atoms with Crippen LogP contribution in [0.3, 0.4) is 0 Å². The molecule has 1 saturated heterocycles. The van der Waals surface area contributed by atoms with Crippen molar-refractivity contribution in [1.82, 2.24) is 9.47 Å². The van der Waals surface area contributed by atoms with E-state index in [-0.39, 0.29) is 18.0 Å². The molecule has 1 aromatic rings. The maximum atomic E-state index is 12.2. The first-order valence-corrected chi connectivity index (χ1v) is 7.68. The molecule has 0 aromatic carbocycles. The predicted octanol–water partition coefficient (Wildman–Crippen LogP) is 2.15. The Morgan fingerprint density at radius 3 is 2.64 bits per heavy atom. The Morgan fingerprint density at radius 2 is 2.09 bits per heavy atom. The Morgan fingerprint density at radius 1 is 1.45 bits per heavy atom. The first-order chi connectivity index (χ1) is 10.5. The van der Waals surface area contributed by atoms with Crippen molar-refractivity contribution >= 4 is 0 Å². The summed E-state index contributed by atoms with van der Waals surface area (Å²) in [5, 5.41) is 19.7. The van der Waals surface area contributed by atoms with Gasteiger partial charge < -0.3 is 5.11 Å². The topological polar surface area (TPSA) is 69.3 Å². The standard InChI is InChI=1S/C17H23N3O2/c1-4-7-20-16(21)14(10-18)13(3)15(17(20)22)11-19-8-5-12(2)6-9-19/h4,12,22H,1,5-9,11H2,2-3H3. The number of hydrogen-bond acceptors (Lipinski definition) is 4. The van der Waals surface area contributed by atoms with Gasteiger partial charge in [0.25, 0.3) is 5.56 Å². The Balaban J connectivity index is 2.42. The van der Waals surface area contributed by atoms with E-state index in [0.29, 0.717) is 17.7 Å². The molecule has 0 saturated carbocycles. The maximum absolute atomic E-state index is 12.2. The van der Waals surface area contributed by atoms with E-state index in [4.69, 9.17) is 0 Å². The first-order valence-electron chi connectivity index (χ1n) is 7.68. The minimum absolute atomic E-state index is 0.0416. The van der Waals surface area contributed by atoms with E-state index in [9.17, 15) is 15.2 Å². The molecule has 0 unspecified atom stereocenters. The zero-order valence-electron chi connectivity index (χ0n) is 13.3. The molecule has 22 heavy (non-hydrogen) atoms. The van der Waals surface area contributed by atoms with Crippen molar-refractivity contribution in [2.24, 2.45) is 5.92 Å². The Kier molecular flexibility index (Phi) is 5.04. The fourth-order valence-electron chi connectivity index (χ4n) is 2.94. The fraction of sp³-hybridized carbons (Fsp3) is 0.529. The lowest BCUT2D eigenvalue weighted by molar-refractivity contribution is 0.182. The van der Waals surface area contributed by atoms with Gasteiger partial charge in [0.05, 0.1) is 0 Å². The van der Waals surface area contributed by atoms with E-state index in [2.05, 4.69) is 18.4 Å². The van der Waals surface area contributed by atoms with Gasteiger partial charge in [-0.1, -0.05) is 13.0 Å². The second kappa shape index (κ2) is 6.80. The first kappa shape index (κ1) is 16.3. The third kappa shape index (κ3) is 3.07. The number of hydrogen-bond donors (Lipinski definition) is 1. The van der Waals surface area contributed by atoms with Crippen LogP contribution < -0.4 is 5.56 Å². The largest absolute Gasteiger partial charge is 0.494 e. The second-order valence-corrected chi connectivity index (χ2v) is 6.08. The third-order valence-electron chi connectivity index (χ3n) is 4.49. The quantitative estimate of drug-likeness (QED) is 0.865. The zero-order valence-corrected chi connectivity index (χ0v) is 13.3. The SMILES string of the molecule is C=CCn1c(O)c(CN2CCC(C)CC2)c(C)c(C#N)c1=O. The van der Waals surface area contributed by atoms with Crippen molar-refractivity contribution in [1.29, 1.82) is 5.26 Å². The molecule has 0 amide bonds. The van der Waals surface area contributed by atoms with Gasteiger partial charge in [-0.05, 0) is 44.3 Å². The van der Waals surface area contributed by atoms with Crippen molar-refractivity contribution < 1.29 is 5.11 Å². The van der Waals surface area contributed by atoms with E-state index < -0.39 is 5.56 Å². The van der Waals surface area contributed by atoms with Crippen LogP contribution in [0.15, 0.2) is 17.4 Å². The highest BCUT2D eigenvalue weighted by Crippen LogP contribution is 2.25. The number of allylic oxidation sites excluding steroid dienone is 1. The van der Waals surface area contributed by atoms with Gasteiger partial charge in [0.15, 0.2) is 5.88 Å². The lowest BCUT2D eigenvalue weighted by Gasteiger charge is -2.31. The van der Waals surface area contributed by atoms with Crippen molar-refractivity contribution in [3.63, 3.8) is 0 Å². The molecule has 5 heteroatoms. The Bertz CT molecular complexity index is 662. The van der Waals surface area contributed by atoms with Crippen LogP contribution in [0.2, 0.25) is 0 Å². The summed E-state index contributed by atoms with van der Waals surface area (Å²) in [5.41, 5.74) is 0.921. The lowest BCUT2D eigenvalue weighted by atomic mass is 9.98. The number of pyridine rings is 1. The van der Waals surface area contributed by atoms with Gasteiger partial charge in [-0.2, -0.15) is 5.26 Å². The summed E-state index contributed by atoms with van der Waals surface area (Å²) >= 11 is 0. The smallest absolute Gasteiger partial charge is 0.271 e. The molecular formula is C17H23N3O2. The van der Waals surface area contributed by atoms with Crippen LogP contribution in [0.25, 0.3) is 0 Å². The highest BCUT2D eigenvalue weighted by Gasteiger charge is 2.22. The van der Waals surface area contributed by atoms with Gasteiger partial charge in [-0.25, -0.2) is 0 Å². The van der Waals surface area contributed by atoms with Crippen molar-refractivity contribution in [3.05, 3.63) is 39.7 Å². The third-order valence-corrected chi connectivity index (χ3v) is 4.49. The predicted molar refractivity (Wildman–Crippen MR) is 85.7 cm³/mol. The van der Waals surface area contributed by atoms with E-state index in [1.54, 1.807) is 13.0 Å². The molecule has 5 nitrogen and oxygen atoms in total. The monoisotopic (exact) mass is 301 g/mol. The molecule has 0 aliphatic carbocycles. The average molecular weight is 301 g/mol. The number of nitrogens with zero attached hydrogens (tertiary/aromatic N) is 3. The van der Waals surface area contributed by atoms with Crippen LogP contribution in [0.1, 0.15) is 36.5 Å². The Labute approximate surface area is 131 Å². The van der Waals surface area contributed by atoms with Gasteiger partial charge in [0, 0.05) is 18.7 Å². The minimum atomic E-state index is -0.451. The summed E-state index contributed by atoms with van der Waals surface area (Å²) in [6.07, 6.45) is 3.82. The molecule has 0 radical (unpaired) electrons. The summed E-state index contributed by atoms with van der Waals surface area (Å²) in [4.78, 5) is 14.5. The normalized spacial score (nSPS) is 16.4. The molecular weight excluding hydrogens is 278 g/mol. The van der Waals surface area contributed by atoms with Gasteiger partial charge >= 0.3 is 0 Å². The van der Waals surface area contributed by atoms with E-state index in [1.165, 1.54) is 4.57 Å². The van der Waals surface area contributed by atoms with E-state index in [1.807, 2.05) is 6.07 Å². The lowest BCUT2D eigenvalue weighted by Crippen LogP contribution is -2.34. The number of aromatic hydroxyl groups is 1. The molecule has 2 heterocycles. The minimum Gasteiger partial charge on any atom is -0.494 e. The van der Waals surface area contributed by atoms with Crippen molar-refractivity contribution in [2.75, 3.05) is 13.1 Å². The molecule has 1 fully saturated rings. The van der Waals surface area contributed by atoms with Crippen molar-refractivity contribution in [2.45, 2.75) is 39.8 Å². The molecule has 1 aliphatic rings. The van der Waals surface area contributed by atoms with E-state index in [0.717, 1.165) is 31.8 Å². The van der Waals surface area contributed by atoms with Gasteiger partial charge in [0.1, 0.15) is 11.6 Å². The highest BCUT2D eigenvalue weighted by atomic mass is 16.3. The molecule has 2 rings (SSSR count). The number of aromatic nitrogens is 1. The number of nitriles is 1. The molecule has 0 bridgehead atoms. The Hall–Kier alpha value is -2.06.